The molecule has 7 heteroatoms. The Morgan fingerprint density at radius 3 is 2.50 bits per heavy atom. The number of nitrogens with zero attached hydrogens (tertiary/aromatic N) is 1. The van der Waals surface area contributed by atoms with Crippen LogP contribution in [0.4, 0.5) is 0 Å². The summed E-state index contributed by atoms with van der Waals surface area (Å²) in [7, 11) is 0. The van der Waals surface area contributed by atoms with Crippen molar-refractivity contribution in [2.24, 2.45) is 17.8 Å². The number of aliphatic hydroxyl groups excluding tert-OH is 1. The maximum atomic E-state index is 11.1. The molecule has 4 rings (SSSR count). The van der Waals surface area contributed by atoms with Gasteiger partial charge in [-0.25, -0.2) is 0 Å². The fourth-order valence-electron chi connectivity index (χ4n) is 5.99. The molecule has 7 nitrogen and oxygen atoms in total. The van der Waals surface area contributed by atoms with Crippen molar-refractivity contribution in [2.75, 3.05) is 19.7 Å². The minimum absolute atomic E-state index is 0.00106. The molecule has 0 radical (unpaired) electrons. The van der Waals surface area contributed by atoms with Crippen molar-refractivity contribution < 1.29 is 29.6 Å². The van der Waals surface area contributed by atoms with Crippen molar-refractivity contribution in [3.63, 3.8) is 0 Å². The van der Waals surface area contributed by atoms with Crippen molar-refractivity contribution in [3.05, 3.63) is 42.5 Å². The number of aliphatic hydroxyl groups is 2. The van der Waals surface area contributed by atoms with Gasteiger partial charge in [-0.1, -0.05) is 30.9 Å². The van der Waals surface area contributed by atoms with Crippen molar-refractivity contribution in [1.82, 2.24) is 4.90 Å². The fourth-order valence-corrected chi connectivity index (χ4v) is 5.99. The molecular weight excluding hydrogens is 434 g/mol. The molecule has 1 aliphatic carbocycles. The molecule has 2 bridgehead atoms. The van der Waals surface area contributed by atoms with E-state index >= 15 is 0 Å². The summed E-state index contributed by atoms with van der Waals surface area (Å²) >= 11 is 0. The summed E-state index contributed by atoms with van der Waals surface area (Å²) in [5.41, 5.74) is -0.119. The van der Waals surface area contributed by atoms with Crippen LogP contribution in [0.25, 0.3) is 0 Å². The highest BCUT2D eigenvalue weighted by Gasteiger charge is 2.57. The van der Waals surface area contributed by atoms with Crippen LogP contribution < -0.4 is 4.74 Å². The van der Waals surface area contributed by atoms with Gasteiger partial charge in [-0.2, -0.15) is 0 Å². The maximum absolute atomic E-state index is 11.1. The highest BCUT2D eigenvalue weighted by atomic mass is 16.5. The van der Waals surface area contributed by atoms with E-state index in [0.717, 1.165) is 44.6 Å². The number of fused-ring (bicyclic) bond motifs is 2. The molecule has 3 fully saturated rings. The van der Waals surface area contributed by atoms with Crippen LogP contribution in [-0.2, 0) is 16.1 Å². The fraction of sp³-hybridized carbons (Fsp3) is 0.667. The summed E-state index contributed by atoms with van der Waals surface area (Å²) < 4.78 is 12.5. The zero-order chi connectivity index (χ0) is 24.9. The van der Waals surface area contributed by atoms with E-state index in [0.29, 0.717) is 24.9 Å². The van der Waals surface area contributed by atoms with Crippen molar-refractivity contribution in [1.29, 1.82) is 0 Å². The van der Waals surface area contributed by atoms with E-state index in [1.54, 1.807) is 6.08 Å². The van der Waals surface area contributed by atoms with Gasteiger partial charge in [0.2, 0.25) is 0 Å². The third-order valence-corrected chi connectivity index (χ3v) is 8.11. The van der Waals surface area contributed by atoms with E-state index in [4.69, 9.17) is 19.4 Å². The molecule has 2 aliphatic heterocycles. The topological polar surface area (TPSA) is 99.5 Å². The zero-order valence-corrected chi connectivity index (χ0v) is 20.7. The van der Waals surface area contributed by atoms with Crippen LogP contribution >= 0.6 is 0 Å². The molecule has 3 aliphatic rings. The minimum atomic E-state index is -1.07. The zero-order valence-electron chi connectivity index (χ0n) is 20.7. The van der Waals surface area contributed by atoms with E-state index < -0.39 is 11.7 Å². The number of para-hydroxylation sites is 1. The molecule has 5 atom stereocenters. The van der Waals surface area contributed by atoms with Crippen LogP contribution in [0.3, 0.4) is 0 Å². The Balaban J connectivity index is 0.00000103. The molecule has 0 aromatic heterocycles. The first-order valence-electron chi connectivity index (χ1n) is 12.3. The number of ether oxygens (including phenoxy) is 2. The summed E-state index contributed by atoms with van der Waals surface area (Å²) in [4.78, 5) is 10.8. The van der Waals surface area contributed by atoms with Gasteiger partial charge in [0.15, 0.2) is 0 Å². The summed E-state index contributed by atoms with van der Waals surface area (Å²) in [5.74, 6) is 1.64. The lowest BCUT2D eigenvalue weighted by molar-refractivity contribution is -0.271. The Hall–Kier alpha value is -1.93. The second-order valence-electron chi connectivity index (χ2n) is 10.6. The van der Waals surface area contributed by atoms with Crippen LogP contribution in [0, 0.1) is 17.8 Å². The number of piperidine rings is 1. The van der Waals surface area contributed by atoms with E-state index in [1.807, 2.05) is 19.1 Å². The number of hydrogen-bond donors (Lipinski definition) is 3. The minimum Gasteiger partial charge on any atom is -0.489 e. The van der Waals surface area contributed by atoms with Crippen LogP contribution in [0.15, 0.2) is 36.9 Å². The predicted molar refractivity (Wildman–Crippen MR) is 131 cm³/mol. The van der Waals surface area contributed by atoms with Crippen molar-refractivity contribution in [2.45, 2.75) is 76.4 Å². The van der Waals surface area contributed by atoms with E-state index in [1.165, 1.54) is 5.56 Å². The second-order valence-corrected chi connectivity index (χ2v) is 10.6. The molecular formula is C27H41NO6. The molecule has 2 heterocycles. The van der Waals surface area contributed by atoms with Gasteiger partial charge in [-0.3, -0.25) is 9.69 Å². The highest BCUT2D eigenvalue weighted by molar-refractivity contribution is 5.33. The monoisotopic (exact) mass is 475 g/mol. The number of rotatable bonds is 6. The smallest absolute Gasteiger partial charge is 0.290 e. The Labute approximate surface area is 203 Å². The summed E-state index contributed by atoms with van der Waals surface area (Å²) in [6, 6.07) is 8.23. The number of carbonyl (C=O) groups is 1. The van der Waals surface area contributed by atoms with Crippen molar-refractivity contribution >= 4 is 6.47 Å². The summed E-state index contributed by atoms with van der Waals surface area (Å²) in [6.07, 6.45) is 4.75. The van der Waals surface area contributed by atoms with Gasteiger partial charge in [0.25, 0.3) is 6.47 Å². The predicted octanol–water partition coefficient (Wildman–Crippen LogP) is 3.48. The highest BCUT2D eigenvalue weighted by Crippen LogP contribution is 2.52. The average molecular weight is 476 g/mol. The molecule has 1 aromatic carbocycles. The summed E-state index contributed by atoms with van der Waals surface area (Å²) in [6.45, 7) is 13.0. The molecule has 0 amide bonds. The number of likely N-dealkylation sites (tertiary alicyclic amines) is 1. The Morgan fingerprint density at radius 2 is 1.85 bits per heavy atom. The first kappa shape index (κ1) is 26.7. The first-order chi connectivity index (χ1) is 16.1. The van der Waals surface area contributed by atoms with Gasteiger partial charge in [0, 0.05) is 18.0 Å². The molecule has 34 heavy (non-hydrogen) atoms. The molecule has 1 aromatic rings. The van der Waals surface area contributed by atoms with E-state index in [9.17, 15) is 10.2 Å². The normalized spacial score (nSPS) is 33.3. The van der Waals surface area contributed by atoms with Crippen molar-refractivity contribution in [3.8, 4) is 5.75 Å². The third kappa shape index (κ3) is 5.82. The van der Waals surface area contributed by atoms with Crippen LogP contribution in [0.1, 0.15) is 52.0 Å². The lowest BCUT2D eigenvalue weighted by atomic mass is 9.60. The lowest BCUT2D eigenvalue weighted by Gasteiger charge is -2.58. The number of hydrogen-bond acceptors (Lipinski definition) is 6. The van der Waals surface area contributed by atoms with Crippen LogP contribution in [0.2, 0.25) is 0 Å². The van der Waals surface area contributed by atoms with Gasteiger partial charge in [0.05, 0.1) is 23.4 Å². The SMILES string of the molecule is C=CCOc1ccccc1CN1CCC([C@@H]2OC(C)(C)C3CC2[C@](C)(O)[C@@H](O)C3)CC1.O=CO. The van der Waals surface area contributed by atoms with Crippen LogP contribution in [-0.4, -0.2) is 69.8 Å². The molecule has 190 valence electrons. The third-order valence-electron chi connectivity index (χ3n) is 8.11. The second kappa shape index (κ2) is 11.2. The Morgan fingerprint density at radius 1 is 1.21 bits per heavy atom. The number of carboxylic acid groups (broad SMARTS) is 1. The van der Waals surface area contributed by atoms with Gasteiger partial charge < -0.3 is 24.8 Å². The Kier molecular flexibility index (Phi) is 8.79. The Bertz CT molecular complexity index is 817. The van der Waals surface area contributed by atoms with Gasteiger partial charge in [-0.15, -0.1) is 0 Å². The lowest BCUT2D eigenvalue weighted by Crippen LogP contribution is -2.65. The number of benzene rings is 1. The first-order valence-corrected chi connectivity index (χ1v) is 12.3. The molecule has 3 N–H and O–H groups in total. The molecule has 1 saturated carbocycles. The molecule has 2 unspecified atom stereocenters. The maximum Gasteiger partial charge on any atom is 0.290 e. The summed E-state index contributed by atoms with van der Waals surface area (Å²) in [5, 5.41) is 28.7. The van der Waals surface area contributed by atoms with Gasteiger partial charge >= 0.3 is 0 Å². The molecule has 2 saturated heterocycles. The van der Waals surface area contributed by atoms with Gasteiger partial charge in [-0.05, 0) is 77.4 Å². The van der Waals surface area contributed by atoms with E-state index in [2.05, 4.69) is 37.5 Å². The van der Waals surface area contributed by atoms with E-state index in [-0.39, 0.29) is 24.1 Å². The van der Waals surface area contributed by atoms with Gasteiger partial charge in [0.1, 0.15) is 12.4 Å². The molecule has 0 spiro atoms. The quantitative estimate of drug-likeness (QED) is 0.428. The van der Waals surface area contributed by atoms with Crippen LogP contribution in [0.5, 0.6) is 5.75 Å². The largest absolute Gasteiger partial charge is 0.489 e. The standard InChI is InChI=1S/C26H39NO4.CH2O2/c1-5-14-30-22-9-7-6-8-19(22)17-27-12-10-18(11-13-27)24-21-15-20(25(2,3)31-24)16-23(28)26(21,4)29;2-1-3/h5-9,18,20-21,23-24,28-29H,1,10-17H2,2-4H3;1H,(H,2,3)/t20?,21?,23-,24-,26-;/m0./s1. The average Bonchev–Trinajstić information content (AvgIpc) is 2.79.